The van der Waals surface area contributed by atoms with Gasteiger partial charge in [0.1, 0.15) is 5.54 Å². The van der Waals surface area contributed by atoms with E-state index in [-0.39, 0.29) is 0 Å². The van der Waals surface area contributed by atoms with Gasteiger partial charge in [-0.3, -0.25) is 5.32 Å². The van der Waals surface area contributed by atoms with Crippen LogP contribution in [0, 0.1) is 17.2 Å². The first kappa shape index (κ1) is 16.4. The van der Waals surface area contributed by atoms with Crippen LogP contribution in [0.5, 0.6) is 0 Å². The van der Waals surface area contributed by atoms with Gasteiger partial charge in [-0.15, -0.1) is 0 Å². The molecule has 1 unspecified atom stereocenters. The molecule has 0 aliphatic carbocycles. The van der Waals surface area contributed by atoms with Gasteiger partial charge in [-0.05, 0) is 53.0 Å². The average Bonchev–Trinajstić information content (AvgIpc) is 2.37. The molecule has 0 aromatic rings. The van der Waals surface area contributed by atoms with E-state index in [1.165, 1.54) is 12.8 Å². The highest BCUT2D eigenvalue weighted by atomic mass is 16.5. The molecule has 110 valence electrons. The zero-order valence-corrected chi connectivity index (χ0v) is 12.9. The number of nitrogens with zero attached hydrogens (tertiary/aromatic N) is 2. The summed E-state index contributed by atoms with van der Waals surface area (Å²) in [7, 11) is 2.16. The standard InChI is InChI=1S/C15H29N3O/c1-13(2)17-15(3,12-16)7-8-18(4)11-14-5-9-19-10-6-14/h13-14,17H,5-11H2,1-4H3. The highest BCUT2D eigenvalue weighted by Crippen LogP contribution is 2.17. The number of nitrogens with one attached hydrogen (secondary N) is 1. The van der Waals surface area contributed by atoms with E-state index in [1.54, 1.807) is 0 Å². The van der Waals surface area contributed by atoms with Crippen molar-refractivity contribution in [2.75, 3.05) is 33.4 Å². The molecular weight excluding hydrogens is 238 g/mol. The van der Waals surface area contributed by atoms with E-state index in [9.17, 15) is 5.26 Å². The smallest absolute Gasteiger partial charge is 0.105 e. The van der Waals surface area contributed by atoms with Crippen LogP contribution in [0.2, 0.25) is 0 Å². The lowest BCUT2D eigenvalue weighted by molar-refractivity contribution is 0.0550. The van der Waals surface area contributed by atoms with E-state index in [4.69, 9.17) is 4.74 Å². The second kappa shape index (κ2) is 7.84. The van der Waals surface area contributed by atoms with Crippen molar-refractivity contribution in [2.45, 2.75) is 51.6 Å². The number of ether oxygens (including phenoxy) is 1. The van der Waals surface area contributed by atoms with E-state index < -0.39 is 5.54 Å². The molecule has 0 aromatic carbocycles. The maximum absolute atomic E-state index is 9.32. The first-order chi connectivity index (χ1) is 8.95. The van der Waals surface area contributed by atoms with Crippen molar-refractivity contribution in [2.24, 2.45) is 5.92 Å². The number of rotatable bonds is 7. The Bertz CT molecular complexity index is 294. The highest BCUT2D eigenvalue weighted by Gasteiger charge is 2.25. The molecule has 0 spiro atoms. The Morgan fingerprint density at radius 1 is 1.42 bits per heavy atom. The van der Waals surface area contributed by atoms with Crippen LogP contribution in [-0.2, 0) is 4.74 Å². The first-order valence-corrected chi connectivity index (χ1v) is 7.40. The third kappa shape index (κ3) is 6.38. The zero-order valence-electron chi connectivity index (χ0n) is 12.9. The first-order valence-electron chi connectivity index (χ1n) is 7.40. The molecule has 1 atom stereocenters. The molecule has 1 saturated heterocycles. The van der Waals surface area contributed by atoms with Crippen LogP contribution in [0.1, 0.15) is 40.0 Å². The van der Waals surface area contributed by atoms with Crippen molar-refractivity contribution in [3.8, 4) is 6.07 Å². The predicted octanol–water partition coefficient (Wildman–Crippen LogP) is 2.02. The molecule has 0 aromatic heterocycles. The molecule has 1 heterocycles. The lowest BCUT2D eigenvalue weighted by Gasteiger charge is -2.31. The van der Waals surface area contributed by atoms with E-state index in [0.29, 0.717) is 6.04 Å². The monoisotopic (exact) mass is 267 g/mol. The zero-order chi connectivity index (χ0) is 14.3. The Morgan fingerprint density at radius 3 is 2.58 bits per heavy atom. The molecule has 1 fully saturated rings. The summed E-state index contributed by atoms with van der Waals surface area (Å²) in [5, 5.41) is 12.7. The van der Waals surface area contributed by atoms with Crippen molar-refractivity contribution < 1.29 is 4.74 Å². The maximum Gasteiger partial charge on any atom is 0.105 e. The van der Waals surface area contributed by atoms with Crippen molar-refractivity contribution in [1.82, 2.24) is 10.2 Å². The van der Waals surface area contributed by atoms with Gasteiger partial charge in [0.25, 0.3) is 0 Å². The molecule has 0 bridgehead atoms. The second-order valence-electron chi connectivity index (χ2n) is 6.31. The molecule has 1 aliphatic rings. The minimum absolute atomic E-state index is 0.338. The Balaban J connectivity index is 2.31. The van der Waals surface area contributed by atoms with Crippen molar-refractivity contribution in [3.05, 3.63) is 0 Å². The summed E-state index contributed by atoms with van der Waals surface area (Å²) in [5.41, 5.74) is -0.419. The Hall–Kier alpha value is -0.630. The molecule has 1 rings (SSSR count). The van der Waals surface area contributed by atoms with Crippen molar-refractivity contribution >= 4 is 0 Å². The maximum atomic E-state index is 9.32. The van der Waals surface area contributed by atoms with Gasteiger partial charge in [0.05, 0.1) is 6.07 Å². The molecule has 4 heteroatoms. The van der Waals surface area contributed by atoms with E-state index in [2.05, 4.69) is 37.2 Å². The third-order valence-corrected chi connectivity index (χ3v) is 3.76. The molecule has 0 saturated carbocycles. The third-order valence-electron chi connectivity index (χ3n) is 3.76. The Morgan fingerprint density at radius 2 is 2.05 bits per heavy atom. The normalized spacial score (nSPS) is 20.5. The summed E-state index contributed by atoms with van der Waals surface area (Å²) in [6.45, 7) is 10.1. The molecule has 0 radical (unpaired) electrons. The molecular formula is C15H29N3O. The largest absolute Gasteiger partial charge is 0.381 e. The molecule has 1 N–H and O–H groups in total. The Kier molecular flexibility index (Phi) is 6.78. The SMILES string of the molecule is CC(C)NC(C)(C#N)CCN(C)CC1CCOCC1. The average molecular weight is 267 g/mol. The highest BCUT2D eigenvalue weighted by molar-refractivity contribution is 5.04. The summed E-state index contributed by atoms with van der Waals surface area (Å²) in [6, 6.07) is 2.75. The van der Waals surface area contributed by atoms with Gasteiger partial charge in [0.2, 0.25) is 0 Å². The number of nitriles is 1. The summed E-state index contributed by atoms with van der Waals surface area (Å²) < 4.78 is 5.39. The Labute approximate surface area is 118 Å². The lowest BCUT2D eigenvalue weighted by Crippen LogP contribution is -2.47. The summed E-state index contributed by atoms with van der Waals surface area (Å²) in [4.78, 5) is 2.35. The number of hydrogen-bond acceptors (Lipinski definition) is 4. The van der Waals surface area contributed by atoms with Gasteiger partial charge in [-0.25, -0.2) is 0 Å². The van der Waals surface area contributed by atoms with Crippen LogP contribution in [0.3, 0.4) is 0 Å². The topological polar surface area (TPSA) is 48.3 Å². The molecule has 4 nitrogen and oxygen atoms in total. The fourth-order valence-electron chi connectivity index (χ4n) is 2.67. The predicted molar refractivity (Wildman–Crippen MR) is 77.9 cm³/mol. The van der Waals surface area contributed by atoms with Gasteiger partial charge < -0.3 is 9.64 Å². The van der Waals surface area contributed by atoms with E-state index in [1.807, 2.05) is 6.92 Å². The second-order valence-corrected chi connectivity index (χ2v) is 6.31. The van der Waals surface area contributed by atoms with Crippen LogP contribution in [0.15, 0.2) is 0 Å². The summed E-state index contributed by atoms with van der Waals surface area (Å²) in [6.07, 6.45) is 3.20. The summed E-state index contributed by atoms with van der Waals surface area (Å²) >= 11 is 0. The van der Waals surface area contributed by atoms with Crippen molar-refractivity contribution in [3.63, 3.8) is 0 Å². The van der Waals surface area contributed by atoms with E-state index >= 15 is 0 Å². The van der Waals surface area contributed by atoms with Crippen LogP contribution >= 0.6 is 0 Å². The number of hydrogen-bond donors (Lipinski definition) is 1. The van der Waals surface area contributed by atoms with Gasteiger partial charge in [-0.1, -0.05) is 0 Å². The van der Waals surface area contributed by atoms with Crippen LogP contribution in [0.4, 0.5) is 0 Å². The van der Waals surface area contributed by atoms with Gasteiger partial charge >= 0.3 is 0 Å². The fraction of sp³-hybridized carbons (Fsp3) is 0.933. The van der Waals surface area contributed by atoms with Gasteiger partial charge in [0, 0.05) is 32.3 Å². The quantitative estimate of drug-likeness (QED) is 0.766. The van der Waals surface area contributed by atoms with Crippen LogP contribution < -0.4 is 5.32 Å². The van der Waals surface area contributed by atoms with Crippen molar-refractivity contribution in [1.29, 1.82) is 5.26 Å². The van der Waals surface area contributed by atoms with Crippen LogP contribution in [-0.4, -0.2) is 49.8 Å². The minimum atomic E-state index is -0.419. The minimum Gasteiger partial charge on any atom is -0.381 e. The van der Waals surface area contributed by atoms with Gasteiger partial charge in [0.15, 0.2) is 0 Å². The van der Waals surface area contributed by atoms with Gasteiger partial charge in [-0.2, -0.15) is 5.26 Å². The molecule has 1 aliphatic heterocycles. The van der Waals surface area contributed by atoms with Crippen LogP contribution in [0.25, 0.3) is 0 Å². The van der Waals surface area contributed by atoms with E-state index in [0.717, 1.165) is 38.6 Å². The lowest BCUT2D eigenvalue weighted by atomic mass is 9.97. The summed E-state index contributed by atoms with van der Waals surface area (Å²) in [5.74, 6) is 0.755. The molecule has 0 amide bonds. The molecule has 19 heavy (non-hydrogen) atoms. The fourth-order valence-corrected chi connectivity index (χ4v) is 2.67.